The van der Waals surface area contributed by atoms with E-state index in [1.54, 1.807) is 11.8 Å². The molecule has 2 rings (SSSR count). The molecule has 0 radical (unpaired) electrons. The zero-order chi connectivity index (χ0) is 15.1. The van der Waals surface area contributed by atoms with Crippen LogP contribution < -0.4 is 5.32 Å². The van der Waals surface area contributed by atoms with Gasteiger partial charge in [0.2, 0.25) is 5.91 Å². The summed E-state index contributed by atoms with van der Waals surface area (Å²) >= 11 is 7.69. The summed E-state index contributed by atoms with van der Waals surface area (Å²) < 4.78 is 0. The number of nitrogens with one attached hydrogen (secondary N) is 1. The molecule has 1 aliphatic rings. The van der Waals surface area contributed by atoms with Crippen molar-refractivity contribution in [3.63, 3.8) is 0 Å². The summed E-state index contributed by atoms with van der Waals surface area (Å²) in [5.41, 5.74) is 0.726. The number of rotatable bonds is 8. The van der Waals surface area contributed by atoms with Crippen molar-refractivity contribution in [1.82, 2.24) is 5.32 Å². The number of benzene rings is 1. The molecule has 1 aliphatic carbocycles. The van der Waals surface area contributed by atoms with Gasteiger partial charge in [-0.3, -0.25) is 4.79 Å². The Morgan fingerprint density at radius 2 is 2.00 bits per heavy atom. The van der Waals surface area contributed by atoms with Gasteiger partial charge in [-0.1, -0.05) is 30.2 Å². The molecule has 0 bridgehead atoms. The summed E-state index contributed by atoms with van der Waals surface area (Å²) in [6.45, 7) is 0.920. The van der Waals surface area contributed by atoms with Crippen molar-refractivity contribution in [2.45, 2.75) is 31.1 Å². The van der Waals surface area contributed by atoms with Crippen molar-refractivity contribution in [1.29, 1.82) is 0 Å². The minimum Gasteiger partial charge on any atom is -0.396 e. The summed E-state index contributed by atoms with van der Waals surface area (Å²) in [7, 11) is 0. The Morgan fingerprint density at radius 1 is 1.29 bits per heavy atom. The molecule has 0 heterocycles. The van der Waals surface area contributed by atoms with Crippen LogP contribution in [0.15, 0.2) is 24.3 Å². The molecule has 1 saturated carbocycles. The normalized spacial score (nSPS) is 16.3. The molecule has 0 unspecified atom stereocenters. The van der Waals surface area contributed by atoms with E-state index in [9.17, 15) is 4.79 Å². The van der Waals surface area contributed by atoms with Crippen LogP contribution in [-0.2, 0) is 10.2 Å². The zero-order valence-electron chi connectivity index (χ0n) is 12.1. The number of carbonyl (C=O) groups excluding carboxylic acids is 1. The predicted molar refractivity (Wildman–Crippen MR) is 89.0 cm³/mol. The molecule has 1 amide bonds. The number of hydrogen-bond donors (Lipinski definition) is 2. The predicted octanol–water partition coefficient (Wildman–Crippen LogP) is 2.99. The second-order valence-corrected chi connectivity index (χ2v) is 7.05. The van der Waals surface area contributed by atoms with Crippen LogP contribution in [0.25, 0.3) is 0 Å². The number of aliphatic hydroxyl groups excluding tert-OH is 1. The van der Waals surface area contributed by atoms with Crippen molar-refractivity contribution >= 4 is 29.3 Å². The quantitative estimate of drug-likeness (QED) is 0.722. The van der Waals surface area contributed by atoms with Crippen molar-refractivity contribution in [2.75, 3.05) is 24.7 Å². The highest BCUT2D eigenvalue weighted by Gasteiger charge is 2.45. The first-order valence-electron chi connectivity index (χ1n) is 7.42. The first-order chi connectivity index (χ1) is 10.2. The van der Waals surface area contributed by atoms with Gasteiger partial charge in [0.25, 0.3) is 0 Å². The number of hydrogen-bond acceptors (Lipinski definition) is 3. The lowest BCUT2D eigenvalue weighted by Crippen LogP contribution is -2.49. The fraction of sp³-hybridized carbons (Fsp3) is 0.562. The van der Waals surface area contributed by atoms with Gasteiger partial charge in [-0.05, 0) is 42.7 Å². The zero-order valence-corrected chi connectivity index (χ0v) is 13.7. The van der Waals surface area contributed by atoms with Crippen molar-refractivity contribution in [3.05, 3.63) is 34.9 Å². The Kier molecular flexibility index (Phi) is 6.40. The third-order valence-electron chi connectivity index (χ3n) is 4.02. The molecule has 116 valence electrons. The summed E-state index contributed by atoms with van der Waals surface area (Å²) in [6.07, 6.45) is 3.74. The Morgan fingerprint density at radius 3 is 2.57 bits per heavy atom. The second-order valence-electron chi connectivity index (χ2n) is 5.39. The van der Waals surface area contributed by atoms with Crippen LogP contribution in [0, 0.1) is 0 Å². The molecule has 0 aliphatic heterocycles. The van der Waals surface area contributed by atoms with Gasteiger partial charge in [0.1, 0.15) is 0 Å². The van der Waals surface area contributed by atoms with Gasteiger partial charge in [0, 0.05) is 23.9 Å². The van der Waals surface area contributed by atoms with Gasteiger partial charge in [0.05, 0.1) is 5.41 Å². The van der Waals surface area contributed by atoms with Gasteiger partial charge in [-0.15, -0.1) is 0 Å². The van der Waals surface area contributed by atoms with Crippen LogP contribution in [0.5, 0.6) is 0 Å². The SMILES string of the molecule is O=C(NCCSCCCO)C1(c2ccc(Cl)cc2)CCC1. The maximum Gasteiger partial charge on any atom is 0.230 e. The van der Waals surface area contributed by atoms with E-state index < -0.39 is 0 Å². The molecule has 1 aromatic carbocycles. The molecule has 5 heteroatoms. The van der Waals surface area contributed by atoms with Gasteiger partial charge in [0.15, 0.2) is 0 Å². The van der Waals surface area contributed by atoms with Crippen LogP contribution >= 0.6 is 23.4 Å². The average Bonchev–Trinajstić information content (AvgIpc) is 2.43. The van der Waals surface area contributed by atoms with Crippen LogP contribution in [0.4, 0.5) is 0 Å². The van der Waals surface area contributed by atoms with E-state index in [0.29, 0.717) is 11.6 Å². The molecule has 21 heavy (non-hydrogen) atoms. The minimum absolute atomic E-state index is 0.138. The smallest absolute Gasteiger partial charge is 0.230 e. The van der Waals surface area contributed by atoms with Crippen LogP contribution in [0.2, 0.25) is 5.02 Å². The number of halogens is 1. The summed E-state index contributed by atoms with van der Waals surface area (Å²) in [4.78, 5) is 12.5. The molecule has 2 N–H and O–H groups in total. The summed E-state index contributed by atoms with van der Waals surface area (Å²) in [5, 5.41) is 12.5. The lowest BCUT2D eigenvalue weighted by atomic mass is 9.64. The van der Waals surface area contributed by atoms with E-state index in [0.717, 1.165) is 42.8 Å². The topological polar surface area (TPSA) is 49.3 Å². The third-order valence-corrected chi connectivity index (χ3v) is 5.34. The van der Waals surface area contributed by atoms with Crippen molar-refractivity contribution in [3.8, 4) is 0 Å². The molecule has 0 saturated heterocycles. The molecule has 1 aromatic rings. The third kappa shape index (κ3) is 4.15. The largest absolute Gasteiger partial charge is 0.396 e. The monoisotopic (exact) mass is 327 g/mol. The van der Waals surface area contributed by atoms with Gasteiger partial charge < -0.3 is 10.4 Å². The number of thioether (sulfide) groups is 1. The van der Waals surface area contributed by atoms with Crippen LogP contribution in [-0.4, -0.2) is 35.7 Å². The number of carbonyl (C=O) groups is 1. The Hall–Kier alpha value is -0.710. The van der Waals surface area contributed by atoms with E-state index in [1.807, 2.05) is 24.3 Å². The fourth-order valence-corrected chi connectivity index (χ4v) is 3.53. The van der Waals surface area contributed by atoms with Crippen LogP contribution in [0.3, 0.4) is 0 Å². The van der Waals surface area contributed by atoms with Crippen LogP contribution in [0.1, 0.15) is 31.2 Å². The molecule has 0 aromatic heterocycles. The van der Waals surface area contributed by atoms with E-state index in [4.69, 9.17) is 16.7 Å². The highest BCUT2D eigenvalue weighted by molar-refractivity contribution is 7.99. The second kappa shape index (κ2) is 8.06. The molecular weight excluding hydrogens is 306 g/mol. The highest BCUT2D eigenvalue weighted by Crippen LogP contribution is 2.44. The van der Waals surface area contributed by atoms with E-state index in [2.05, 4.69) is 5.32 Å². The van der Waals surface area contributed by atoms with E-state index in [-0.39, 0.29) is 17.9 Å². The Labute approximate surface area is 135 Å². The van der Waals surface area contributed by atoms with Gasteiger partial charge in [-0.2, -0.15) is 11.8 Å². The summed E-state index contributed by atoms with van der Waals surface area (Å²) in [6, 6.07) is 7.65. The highest BCUT2D eigenvalue weighted by atomic mass is 35.5. The van der Waals surface area contributed by atoms with Gasteiger partial charge >= 0.3 is 0 Å². The van der Waals surface area contributed by atoms with Crippen molar-refractivity contribution in [2.24, 2.45) is 0 Å². The van der Waals surface area contributed by atoms with E-state index in [1.165, 1.54) is 0 Å². The summed E-state index contributed by atoms with van der Waals surface area (Å²) in [5.74, 6) is 1.97. The minimum atomic E-state index is -0.347. The Bertz CT molecular complexity index is 460. The molecule has 1 fully saturated rings. The fourth-order valence-electron chi connectivity index (χ4n) is 2.62. The molecule has 0 spiro atoms. The van der Waals surface area contributed by atoms with Gasteiger partial charge in [-0.25, -0.2) is 0 Å². The first kappa shape index (κ1) is 16.7. The molecule has 3 nitrogen and oxygen atoms in total. The molecule has 0 atom stereocenters. The lowest BCUT2D eigenvalue weighted by Gasteiger charge is -2.40. The molecular formula is C16H22ClNO2S. The lowest BCUT2D eigenvalue weighted by molar-refractivity contribution is -0.129. The maximum absolute atomic E-state index is 12.5. The number of amides is 1. The Balaban J connectivity index is 1.85. The first-order valence-corrected chi connectivity index (χ1v) is 8.95. The standard InChI is InChI=1S/C16H22ClNO2S/c17-14-5-3-13(4-6-14)16(7-1-8-16)15(20)18-9-12-21-11-2-10-19/h3-6,19H,1-2,7-12H2,(H,18,20). The average molecular weight is 328 g/mol. The maximum atomic E-state index is 12.5. The van der Waals surface area contributed by atoms with E-state index >= 15 is 0 Å². The number of aliphatic hydroxyl groups is 1. The van der Waals surface area contributed by atoms with Crippen molar-refractivity contribution < 1.29 is 9.90 Å².